The summed E-state index contributed by atoms with van der Waals surface area (Å²) in [5, 5.41) is 10.5. The predicted molar refractivity (Wildman–Crippen MR) is 98.0 cm³/mol. The van der Waals surface area contributed by atoms with E-state index in [1.54, 1.807) is 24.3 Å². The summed E-state index contributed by atoms with van der Waals surface area (Å²) >= 11 is 1.48. The van der Waals surface area contributed by atoms with Crippen LogP contribution in [0.4, 0.5) is 5.69 Å². The van der Waals surface area contributed by atoms with Crippen molar-refractivity contribution in [2.75, 3.05) is 12.3 Å². The molecule has 0 radical (unpaired) electrons. The summed E-state index contributed by atoms with van der Waals surface area (Å²) in [5.41, 5.74) is 1.67. The number of rotatable bonds is 5. The molecular weight excluding hydrogens is 360 g/mol. The van der Waals surface area contributed by atoms with E-state index in [0.717, 1.165) is 12.0 Å². The molecule has 1 fully saturated rings. The number of aryl methyl sites for hydroxylation is 1. The molecule has 1 aliphatic rings. The van der Waals surface area contributed by atoms with Gasteiger partial charge in [-0.1, -0.05) is 31.2 Å². The average molecular weight is 378 g/mol. The van der Waals surface area contributed by atoms with Gasteiger partial charge < -0.3 is 0 Å². The Kier molecular flexibility index (Phi) is 5.12. The number of hydrogen-bond acceptors (Lipinski definition) is 5. The van der Waals surface area contributed by atoms with E-state index in [2.05, 4.69) is 0 Å². The summed E-state index contributed by atoms with van der Waals surface area (Å²) in [6.45, 7) is 2.40. The van der Waals surface area contributed by atoms with Crippen molar-refractivity contribution in [2.24, 2.45) is 0 Å². The van der Waals surface area contributed by atoms with E-state index in [-0.39, 0.29) is 10.6 Å². The summed E-state index contributed by atoms with van der Waals surface area (Å²) in [5.74, 6) is 0.652. The Morgan fingerprint density at radius 1 is 1.24 bits per heavy atom. The minimum absolute atomic E-state index is 0.0327. The molecule has 6 nitrogen and oxygen atoms in total. The zero-order chi connectivity index (χ0) is 18.0. The predicted octanol–water partition coefficient (Wildman–Crippen LogP) is 3.59. The van der Waals surface area contributed by atoms with Crippen LogP contribution >= 0.6 is 11.8 Å². The number of hydrogen-bond donors (Lipinski definition) is 0. The third-order valence-electron chi connectivity index (χ3n) is 4.15. The lowest BCUT2D eigenvalue weighted by Gasteiger charge is -2.23. The lowest BCUT2D eigenvalue weighted by atomic mass is 10.2. The topological polar surface area (TPSA) is 80.5 Å². The molecule has 2 aromatic rings. The second-order valence-electron chi connectivity index (χ2n) is 5.69. The van der Waals surface area contributed by atoms with E-state index in [0.29, 0.717) is 17.9 Å². The monoisotopic (exact) mass is 378 g/mol. The number of non-ortho nitro benzene ring substituents is 1. The number of thioether (sulfide) groups is 1. The van der Waals surface area contributed by atoms with Gasteiger partial charge in [-0.3, -0.25) is 10.1 Å². The first-order valence-electron chi connectivity index (χ1n) is 7.90. The molecule has 1 saturated heterocycles. The zero-order valence-electron chi connectivity index (χ0n) is 13.7. The SMILES string of the molecule is CCc1ccc(S(=O)(=O)N2CCS[C@H]2c2cccc([N+](=O)[O-])c2)cc1. The maximum atomic E-state index is 13.0. The first-order chi connectivity index (χ1) is 11.9. The molecule has 2 aromatic carbocycles. The van der Waals surface area contributed by atoms with Gasteiger partial charge in [-0.25, -0.2) is 8.42 Å². The second kappa shape index (κ2) is 7.15. The van der Waals surface area contributed by atoms with E-state index >= 15 is 0 Å². The van der Waals surface area contributed by atoms with Crippen molar-refractivity contribution in [3.63, 3.8) is 0 Å². The molecule has 0 bridgehead atoms. The van der Waals surface area contributed by atoms with Crippen LogP contribution in [0.15, 0.2) is 53.4 Å². The van der Waals surface area contributed by atoms with Crippen molar-refractivity contribution in [1.29, 1.82) is 0 Å². The molecule has 0 amide bonds. The van der Waals surface area contributed by atoms with Gasteiger partial charge in [0.1, 0.15) is 0 Å². The Morgan fingerprint density at radius 3 is 2.60 bits per heavy atom. The highest BCUT2D eigenvalue weighted by Crippen LogP contribution is 2.42. The van der Waals surface area contributed by atoms with Crippen LogP contribution in [0.5, 0.6) is 0 Å². The molecule has 0 N–H and O–H groups in total. The quantitative estimate of drug-likeness (QED) is 0.587. The standard InChI is InChI=1S/C17H18N2O4S2/c1-2-13-6-8-16(9-7-13)25(22,23)18-10-11-24-17(18)14-4-3-5-15(12-14)19(20)21/h3-9,12,17H,2,10-11H2,1H3/t17-/m0/s1. The zero-order valence-corrected chi connectivity index (χ0v) is 15.3. The van der Waals surface area contributed by atoms with Crippen molar-refractivity contribution >= 4 is 27.5 Å². The lowest BCUT2D eigenvalue weighted by molar-refractivity contribution is -0.384. The maximum absolute atomic E-state index is 13.0. The third kappa shape index (κ3) is 3.56. The van der Waals surface area contributed by atoms with E-state index in [1.807, 2.05) is 19.1 Å². The van der Waals surface area contributed by atoms with Crippen molar-refractivity contribution in [1.82, 2.24) is 4.31 Å². The van der Waals surface area contributed by atoms with Crippen LogP contribution < -0.4 is 0 Å². The van der Waals surface area contributed by atoms with Crippen LogP contribution in [-0.2, 0) is 16.4 Å². The van der Waals surface area contributed by atoms with Crippen LogP contribution in [-0.4, -0.2) is 29.9 Å². The number of benzene rings is 2. The Balaban J connectivity index is 1.95. The minimum Gasteiger partial charge on any atom is -0.258 e. The third-order valence-corrected chi connectivity index (χ3v) is 7.43. The number of nitrogens with zero attached hydrogens (tertiary/aromatic N) is 2. The normalized spacial score (nSPS) is 18.4. The molecular formula is C17H18N2O4S2. The highest BCUT2D eigenvalue weighted by molar-refractivity contribution is 8.01. The number of sulfonamides is 1. The molecule has 0 spiro atoms. The molecule has 0 unspecified atom stereocenters. The van der Waals surface area contributed by atoms with E-state index in [1.165, 1.54) is 28.2 Å². The van der Waals surface area contributed by atoms with Gasteiger partial charge in [0, 0.05) is 24.4 Å². The van der Waals surface area contributed by atoms with Crippen LogP contribution in [0, 0.1) is 10.1 Å². The Morgan fingerprint density at radius 2 is 1.96 bits per heavy atom. The molecule has 25 heavy (non-hydrogen) atoms. The summed E-state index contributed by atoms with van der Waals surface area (Å²) in [4.78, 5) is 10.8. The highest BCUT2D eigenvalue weighted by Gasteiger charge is 2.37. The van der Waals surface area contributed by atoms with Gasteiger partial charge in [0.25, 0.3) is 5.69 Å². The van der Waals surface area contributed by atoms with Gasteiger partial charge >= 0.3 is 0 Å². The Hall–Kier alpha value is -1.90. The molecule has 132 valence electrons. The molecule has 1 atom stereocenters. The molecule has 8 heteroatoms. The van der Waals surface area contributed by atoms with Gasteiger partial charge in [0.2, 0.25) is 10.0 Å². The highest BCUT2D eigenvalue weighted by atomic mass is 32.2. The first kappa shape index (κ1) is 17.9. The Bertz CT molecular complexity index is 882. The molecule has 0 aromatic heterocycles. The first-order valence-corrected chi connectivity index (χ1v) is 10.4. The van der Waals surface area contributed by atoms with E-state index < -0.39 is 20.3 Å². The van der Waals surface area contributed by atoms with Gasteiger partial charge in [0.05, 0.1) is 15.2 Å². The van der Waals surface area contributed by atoms with Crippen LogP contribution in [0.1, 0.15) is 23.4 Å². The van der Waals surface area contributed by atoms with Gasteiger partial charge in [-0.15, -0.1) is 11.8 Å². The molecule has 0 saturated carbocycles. The molecule has 1 heterocycles. The summed E-state index contributed by atoms with van der Waals surface area (Å²) in [7, 11) is -3.65. The fourth-order valence-electron chi connectivity index (χ4n) is 2.79. The Labute approximate surface area is 151 Å². The van der Waals surface area contributed by atoms with Gasteiger partial charge in [0.15, 0.2) is 0 Å². The minimum atomic E-state index is -3.65. The van der Waals surface area contributed by atoms with Crippen molar-refractivity contribution in [2.45, 2.75) is 23.6 Å². The van der Waals surface area contributed by atoms with Crippen molar-refractivity contribution in [3.05, 3.63) is 69.8 Å². The maximum Gasteiger partial charge on any atom is 0.269 e. The largest absolute Gasteiger partial charge is 0.269 e. The number of nitro groups is 1. The summed E-state index contributed by atoms with van der Waals surface area (Å²) < 4.78 is 27.5. The van der Waals surface area contributed by atoms with Crippen LogP contribution in [0.25, 0.3) is 0 Å². The lowest BCUT2D eigenvalue weighted by Crippen LogP contribution is -2.30. The summed E-state index contributed by atoms with van der Waals surface area (Å²) in [6.07, 6.45) is 0.843. The molecule has 0 aliphatic carbocycles. The van der Waals surface area contributed by atoms with Gasteiger partial charge in [-0.05, 0) is 29.7 Å². The molecule has 1 aliphatic heterocycles. The van der Waals surface area contributed by atoms with Crippen molar-refractivity contribution < 1.29 is 13.3 Å². The average Bonchev–Trinajstić information content (AvgIpc) is 3.12. The van der Waals surface area contributed by atoms with Crippen molar-refractivity contribution in [3.8, 4) is 0 Å². The van der Waals surface area contributed by atoms with E-state index in [4.69, 9.17) is 0 Å². The molecule has 3 rings (SSSR count). The smallest absolute Gasteiger partial charge is 0.258 e. The van der Waals surface area contributed by atoms with Crippen LogP contribution in [0.2, 0.25) is 0 Å². The van der Waals surface area contributed by atoms with Gasteiger partial charge in [-0.2, -0.15) is 4.31 Å². The van der Waals surface area contributed by atoms with Crippen LogP contribution in [0.3, 0.4) is 0 Å². The summed E-state index contributed by atoms with van der Waals surface area (Å²) in [6, 6.07) is 13.1. The number of nitro benzene ring substituents is 1. The second-order valence-corrected chi connectivity index (χ2v) is 8.77. The fraction of sp³-hybridized carbons (Fsp3) is 0.294. The fourth-order valence-corrected chi connectivity index (χ4v) is 6.02. The van der Waals surface area contributed by atoms with E-state index in [9.17, 15) is 18.5 Å².